The summed E-state index contributed by atoms with van der Waals surface area (Å²) in [6.07, 6.45) is 4.10. The molecular formula is C16H21NO2. The number of hydrogen-bond donors (Lipinski definition) is 0. The summed E-state index contributed by atoms with van der Waals surface area (Å²) in [6, 6.07) is 7.44. The number of carbonyl (C=O) groups excluding carboxylic acids is 2. The second-order valence-corrected chi connectivity index (χ2v) is 5.25. The molecule has 0 spiro atoms. The Morgan fingerprint density at radius 2 is 1.89 bits per heavy atom. The molecule has 1 heterocycles. The van der Waals surface area contributed by atoms with Crippen LogP contribution in [-0.2, 0) is 4.79 Å². The second kappa shape index (κ2) is 6.00. The van der Waals surface area contributed by atoms with E-state index in [1.165, 1.54) is 0 Å². The number of hydrogen-bond acceptors (Lipinski definition) is 2. The van der Waals surface area contributed by atoms with Crippen LogP contribution in [0.1, 0.15) is 48.5 Å². The summed E-state index contributed by atoms with van der Waals surface area (Å²) in [4.78, 5) is 26.3. The topological polar surface area (TPSA) is 37.4 Å². The van der Waals surface area contributed by atoms with E-state index in [2.05, 4.69) is 6.92 Å². The Kier molecular flexibility index (Phi) is 4.35. The third kappa shape index (κ3) is 3.03. The van der Waals surface area contributed by atoms with Gasteiger partial charge in [-0.05, 0) is 32.6 Å². The lowest BCUT2D eigenvalue weighted by Gasteiger charge is -2.34. The van der Waals surface area contributed by atoms with Crippen molar-refractivity contribution in [1.82, 2.24) is 4.90 Å². The van der Waals surface area contributed by atoms with Crippen LogP contribution in [0.5, 0.6) is 0 Å². The molecule has 0 radical (unpaired) electrons. The summed E-state index contributed by atoms with van der Waals surface area (Å²) in [5.74, 6) is -0.712. The predicted molar refractivity (Wildman–Crippen MR) is 75.2 cm³/mol. The molecule has 1 fully saturated rings. The Hall–Kier alpha value is -1.64. The van der Waals surface area contributed by atoms with Crippen LogP contribution < -0.4 is 0 Å². The van der Waals surface area contributed by atoms with Crippen LogP contribution in [0.3, 0.4) is 0 Å². The summed E-state index contributed by atoms with van der Waals surface area (Å²) < 4.78 is 0. The maximum atomic E-state index is 12.3. The molecule has 102 valence electrons. The highest BCUT2D eigenvalue weighted by Crippen LogP contribution is 2.20. The molecule has 3 heteroatoms. The number of rotatable bonds is 3. The van der Waals surface area contributed by atoms with Crippen molar-refractivity contribution in [3.63, 3.8) is 0 Å². The molecule has 1 unspecified atom stereocenters. The Balaban J connectivity index is 2.14. The van der Waals surface area contributed by atoms with E-state index in [1.807, 2.05) is 19.1 Å². The molecular weight excluding hydrogens is 238 g/mol. The summed E-state index contributed by atoms with van der Waals surface area (Å²) >= 11 is 0. The number of likely N-dealkylation sites (tertiary alicyclic amines) is 1. The van der Waals surface area contributed by atoms with Crippen LogP contribution >= 0.6 is 0 Å². The van der Waals surface area contributed by atoms with Gasteiger partial charge in [-0.3, -0.25) is 9.59 Å². The van der Waals surface area contributed by atoms with E-state index in [0.717, 1.165) is 37.8 Å². The van der Waals surface area contributed by atoms with Crippen molar-refractivity contribution in [3.05, 3.63) is 35.4 Å². The minimum absolute atomic E-state index is 0.232. The average molecular weight is 259 g/mol. The van der Waals surface area contributed by atoms with Gasteiger partial charge in [-0.1, -0.05) is 36.8 Å². The first-order valence-corrected chi connectivity index (χ1v) is 7.05. The van der Waals surface area contributed by atoms with Gasteiger partial charge in [0.15, 0.2) is 0 Å². The molecule has 0 saturated carbocycles. The number of benzene rings is 1. The van der Waals surface area contributed by atoms with Crippen molar-refractivity contribution in [2.45, 2.75) is 45.6 Å². The monoisotopic (exact) mass is 259 g/mol. The molecule has 1 aliphatic rings. The van der Waals surface area contributed by atoms with Crippen LogP contribution in [0.4, 0.5) is 0 Å². The van der Waals surface area contributed by atoms with E-state index in [0.29, 0.717) is 5.56 Å². The van der Waals surface area contributed by atoms with Gasteiger partial charge in [-0.15, -0.1) is 0 Å². The molecule has 1 aliphatic heterocycles. The highest BCUT2D eigenvalue weighted by Gasteiger charge is 2.30. The van der Waals surface area contributed by atoms with Crippen LogP contribution in [0.25, 0.3) is 0 Å². The van der Waals surface area contributed by atoms with E-state index in [9.17, 15) is 9.59 Å². The molecule has 3 nitrogen and oxygen atoms in total. The van der Waals surface area contributed by atoms with Gasteiger partial charge >= 0.3 is 0 Å². The van der Waals surface area contributed by atoms with E-state index < -0.39 is 0 Å². The molecule has 1 amide bonds. The second-order valence-electron chi connectivity index (χ2n) is 5.25. The van der Waals surface area contributed by atoms with Gasteiger partial charge in [0.05, 0.1) is 0 Å². The summed E-state index contributed by atoms with van der Waals surface area (Å²) in [5.41, 5.74) is 1.59. The van der Waals surface area contributed by atoms with Crippen molar-refractivity contribution >= 4 is 11.7 Å². The fourth-order valence-corrected chi connectivity index (χ4v) is 2.65. The quantitative estimate of drug-likeness (QED) is 0.618. The van der Waals surface area contributed by atoms with Gasteiger partial charge in [-0.2, -0.15) is 0 Å². The number of piperidine rings is 1. The van der Waals surface area contributed by atoms with E-state index in [1.54, 1.807) is 17.0 Å². The third-order valence-corrected chi connectivity index (χ3v) is 3.87. The lowest BCUT2D eigenvalue weighted by molar-refractivity contribution is -0.130. The van der Waals surface area contributed by atoms with Gasteiger partial charge in [0.1, 0.15) is 0 Å². The number of amides is 1. The number of Topliss-reactive ketones (excluding diaryl/α,β-unsaturated/α-hetero) is 1. The van der Waals surface area contributed by atoms with Gasteiger partial charge < -0.3 is 4.90 Å². The van der Waals surface area contributed by atoms with Gasteiger partial charge in [0, 0.05) is 18.2 Å². The van der Waals surface area contributed by atoms with E-state index in [4.69, 9.17) is 0 Å². The number of ketones is 1. The predicted octanol–water partition coefficient (Wildman–Crippen LogP) is 2.97. The van der Waals surface area contributed by atoms with Crippen molar-refractivity contribution in [1.29, 1.82) is 0 Å². The van der Waals surface area contributed by atoms with Crippen molar-refractivity contribution in [3.8, 4) is 0 Å². The SMILES string of the molecule is CCC1CCCCN1C(=O)C(=O)c1ccc(C)cc1. The number of nitrogens with zero attached hydrogens (tertiary/aromatic N) is 1. The number of aryl methyl sites for hydroxylation is 1. The molecule has 1 atom stereocenters. The smallest absolute Gasteiger partial charge is 0.295 e. The molecule has 1 aromatic carbocycles. The fraction of sp³-hybridized carbons (Fsp3) is 0.500. The molecule has 1 aromatic rings. The van der Waals surface area contributed by atoms with E-state index in [-0.39, 0.29) is 17.7 Å². The highest BCUT2D eigenvalue weighted by molar-refractivity contribution is 6.42. The minimum Gasteiger partial charge on any atom is -0.333 e. The zero-order chi connectivity index (χ0) is 13.8. The lowest BCUT2D eigenvalue weighted by Crippen LogP contribution is -2.46. The van der Waals surface area contributed by atoms with Crippen LogP contribution in [0.2, 0.25) is 0 Å². The molecule has 0 aromatic heterocycles. The van der Waals surface area contributed by atoms with Crippen molar-refractivity contribution in [2.75, 3.05) is 6.54 Å². The molecule has 1 saturated heterocycles. The van der Waals surface area contributed by atoms with Crippen LogP contribution in [0.15, 0.2) is 24.3 Å². The summed E-state index contributed by atoms with van der Waals surface area (Å²) in [7, 11) is 0. The molecule has 2 rings (SSSR count). The Morgan fingerprint density at radius 3 is 2.53 bits per heavy atom. The van der Waals surface area contributed by atoms with E-state index >= 15 is 0 Å². The molecule has 0 bridgehead atoms. The molecule has 19 heavy (non-hydrogen) atoms. The first kappa shape index (κ1) is 13.8. The maximum absolute atomic E-state index is 12.3. The first-order valence-electron chi connectivity index (χ1n) is 7.05. The zero-order valence-corrected chi connectivity index (χ0v) is 11.7. The Bertz CT molecular complexity index is 464. The normalized spacial score (nSPS) is 19.3. The summed E-state index contributed by atoms with van der Waals surface area (Å²) in [5, 5.41) is 0. The van der Waals surface area contributed by atoms with Crippen LogP contribution in [-0.4, -0.2) is 29.2 Å². The molecule has 0 aliphatic carbocycles. The maximum Gasteiger partial charge on any atom is 0.295 e. The average Bonchev–Trinajstić information content (AvgIpc) is 2.46. The molecule has 0 N–H and O–H groups in total. The van der Waals surface area contributed by atoms with Crippen LogP contribution in [0, 0.1) is 6.92 Å². The minimum atomic E-state index is -0.375. The number of carbonyl (C=O) groups is 2. The van der Waals surface area contributed by atoms with Gasteiger partial charge in [0.25, 0.3) is 5.91 Å². The largest absolute Gasteiger partial charge is 0.333 e. The fourth-order valence-electron chi connectivity index (χ4n) is 2.65. The summed E-state index contributed by atoms with van der Waals surface area (Å²) in [6.45, 7) is 4.76. The lowest BCUT2D eigenvalue weighted by atomic mass is 9.98. The Morgan fingerprint density at radius 1 is 1.21 bits per heavy atom. The van der Waals surface area contributed by atoms with Crippen molar-refractivity contribution in [2.24, 2.45) is 0 Å². The first-order chi connectivity index (χ1) is 9.13. The zero-order valence-electron chi connectivity index (χ0n) is 11.7. The third-order valence-electron chi connectivity index (χ3n) is 3.87. The van der Waals surface area contributed by atoms with Gasteiger partial charge in [-0.25, -0.2) is 0 Å². The van der Waals surface area contributed by atoms with Crippen molar-refractivity contribution < 1.29 is 9.59 Å². The highest BCUT2D eigenvalue weighted by atomic mass is 16.2. The Labute approximate surface area is 114 Å². The standard InChI is InChI=1S/C16H21NO2/c1-3-14-6-4-5-11-17(14)16(19)15(18)13-9-7-12(2)8-10-13/h7-10,14H,3-6,11H2,1-2H3. The van der Waals surface area contributed by atoms with Gasteiger partial charge in [0.2, 0.25) is 5.78 Å².